The van der Waals surface area contributed by atoms with E-state index in [9.17, 15) is 19.2 Å². The van der Waals surface area contributed by atoms with Gasteiger partial charge in [-0.3, -0.25) is 14.4 Å². The van der Waals surface area contributed by atoms with Crippen LogP contribution in [0.1, 0.15) is 58.4 Å². The van der Waals surface area contributed by atoms with Gasteiger partial charge in [-0.2, -0.15) is 5.10 Å². The number of carbonyl (C=O) groups excluding carboxylic acids is 4. The number of carbonyl (C=O) groups is 4. The van der Waals surface area contributed by atoms with E-state index in [0.717, 1.165) is 37.5 Å². The molecule has 1 aliphatic rings. The summed E-state index contributed by atoms with van der Waals surface area (Å²) in [6.07, 6.45) is 6.38. The average molecular weight is 632 g/mol. The first kappa shape index (κ1) is 30.7. The Balaban J connectivity index is 1.29. The van der Waals surface area contributed by atoms with Crippen LogP contribution in [0.5, 0.6) is 5.75 Å². The standard InChI is InChI=1S/C33H28Cl2N4O5/c34-21-15-16-24(27(35)18-21)33(43)44-29-17-14-20-8-4-5-11-23(20)26(29)19-36-39-32(42)31(41)38-28-13-7-6-12-25(28)30(40)37-22-9-2-1-3-10-22/h4-8,11-19,22H,1-3,9-10H2,(H,37,40)(H,38,41)(H,39,42)/b36-19+. The molecule has 0 aromatic heterocycles. The number of hydrogen-bond acceptors (Lipinski definition) is 6. The molecule has 1 saturated carbocycles. The highest BCUT2D eigenvalue weighted by Crippen LogP contribution is 2.29. The molecule has 0 unspecified atom stereocenters. The summed E-state index contributed by atoms with van der Waals surface area (Å²) in [7, 11) is 0. The van der Waals surface area contributed by atoms with Gasteiger partial charge in [0.2, 0.25) is 0 Å². The van der Waals surface area contributed by atoms with Gasteiger partial charge in [0.15, 0.2) is 0 Å². The van der Waals surface area contributed by atoms with Gasteiger partial charge < -0.3 is 15.4 Å². The maximum absolute atomic E-state index is 12.9. The number of ether oxygens (including phenoxy) is 1. The second-order valence-corrected chi connectivity index (χ2v) is 11.1. The van der Waals surface area contributed by atoms with Crippen LogP contribution in [-0.2, 0) is 9.59 Å². The summed E-state index contributed by atoms with van der Waals surface area (Å²) in [6, 6.07) is 21.7. The Morgan fingerprint density at radius 2 is 1.57 bits per heavy atom. The molecule has 0 radical (unpaired) electrons. The zero-order valence-corrected chi connectivity index (χ0v) is 25.0. The number of para-hydroxylation sites is 1. The molecule has 4 aromatic rings. The summed E-state index contributed by atoms with van der Waals surface area (Å²) in [5.41, 5.74) is 3.15. The number of nitrogens with zero attached hydrogens (tertiary/aromatic N) is 1. The van der Waals surface area contributed by atoms with E-state index >= 15 is 0 Å². The number of benzene rings is 4. The molecular formula is C33H28Cl2N4O5. The number of halogens is 2. The van der Waals surface area contributed by atoms with Gasteiger partial charge in [0.25, 0.3) is 5.91 Å². The lowest BCUT2D eigenvalue weighted by Crippen LogP contribution is -2.37. The fourth-order valence-electron chi connectivity index (χ4n) is 4.99. The normalized spacial score (nSPS) is 13.4. The Hall–Kier alpha value is -4.73. The molecule has 224 valence electrons. The number of rotatable bonds is 7. The van der Waals surface area contributed by atoms with Crippen LogP contribution < -0.4 is 20.8 Å². The van der Waals surface area contributed by atoms with Crippen molar-refractivity contribution in [3.05, 3.63) is 106 Å². The maximum Gasteiger partial charge on any atom is 0.345 e. The molecule has 0 atom stereocenters. The number of nitrogens with one attached hydrogen (secondary N) is 3. The first-order valence-electron chi connectivity index (χ1n) is 14.0. The molecule has 44 heavy (non-hydrogen) atoms. The Morgan fingerprint density at radius 1 is 0.818 bits per heavy atom. The molecule has 3 amide bonds. The molecule has 5 rings (SSSR count). The van der Waals surface area contributed by atoms with Crippen molar-refractivity contribution in [2.45, 2.75) is 38.1 Å². The van der Waals surface area contributed by atoms with Gasteiger partial charge in [-0.05, 0) is 60.0 Å². The maximum atomic E-state index is 12.9. The van der Waals surface area contributed by atoms with E-state index < -0.39 is 17.8 Å². The van der Waals surface area contributed by atoms with Crippen LogP contribution >= 0.6 is 23.2 Å². The highest BCUT2D eigenvalue weighted by atomic mass is 35.5. The van der Waals surface area contributed by atoms with E-state index in [1.54, 1.807) is 48.5 Å². The van der Waals surface area contributed by atoms with Gasteiger partial charge in [0.05, 0.1) is 28.1 Å². The smallest absolute Gasteiger partial charge is 0.345 e. The predicted octanol–water partition coefficient (Wildman–Crippen LogP) is 6.52. The minimum Gasteiger partial charge on any atom is -0.422 e. The minimum atomic E-state index is -1.06. The zero-order chi connectivity index (χ0) is 31.1. The molecule has 0 heterocycles. The molecule has 0 bridgehead atoms. The van der Waals surface area contributed by atoms with Gasteiger partial charge in [-0.1, -0.05) is 84.9 Å². The second kappa shape index (κ2) is 14.2. The lowest BCUT2D eigenvalue weighted by atomic mass is 9.95. The Morgan fingerprint density at radius 3 is 2.36 bits per heavy atom. The van der Waals surface area contributed by atoms with E-state index in [4.69, 9.17) is 27.9 Å². The Kier molecular flexibility index (Phi) is 9.89. The predicted molar refractivity (Wildman–Crippen MR) is 171 cm³/mol. The molecule has 0 spiro atoms. The van der Waals surface area contributed by atoms with Crippen molar-refractivity contribution in [3.8, 4) is 5.75 Å². The van der Waals surface area contributed by atoms with Gasteiger partial charge >= 0.3 is 17.8 Å². The number of hydrazone groups is 1. The van der Waals surface area contributed by atoms with Gasteiger partial charge in [0, 0.05) is 16.6 Å². The summed E-state index contributed by atoms with van der Waals surface area (Å²) in [4.78, 5) is 51.2. The van der Waals surface area contributed by atoms with Crippen LogP contribution in [0.15, 0.2) is 84.0 Å². The number of fused-ring (bicyclic) bond motifs is 1. The molecule has 0 saturated heterocycles. The topological polar surface area (TPSA) is 126 Å². The summed E-state index contributed by atoms with van der Waals surface area (Å²) in [5.74, 6) is -2.95. The first-order valence-corrected chi connectivity index (χ1v) is 14.8. The summed E-state index contributed by atoms with van der Waals surface area (Å²) >= 11 is 12.1. The van der Waals surface area contributed by atoms with Crippen LogP contribution in [0.25, 0.3) is 10.8 Å². The molecule has 4 aromatic carbocycles. The van der Waals surface area contributed by atoms with E-state index in [1.807, 2.05) is 12.1 Å². The summed E-state index contributed by atoms with van der Waals surface area (Å²) in [6.45, 7) is 0. The van der Waals surface area contributed by atoms with Gasteiger partial charge in [0.1, 0.15) is 5.75 Å². The third-order valence-corrected chi connectivity index (χ3v) is 7.76. The van der Waals surface area contributed by atoms with Crippen LogP contribution in [0.3, 0.4) is 0 Å². The van der Waals surface area contributed by atoms with E-state index in [1.165, 1.54) is 24.4 Å². The largest absolute Gasteiger partial charge is 0.422 e. The van der Waals surface area contributed by atoms with Crippen LogP contribution in [0.4, 0.5) is 5.69 Å². The molecule has 1 aliphatic carbocycles. The highest BCUT2D eigenvalue weighted by molar-refractivity contribution is 6.40. The number of anilines is 1. The number of amides is 3. The van der Waals surface area contributed by atoms with E-state index in [0.29, 0.717) is 16.0 Å². The van der Waals surface area contributed by atoms with Gasteiger partial charge in [-0.15, -0.1) is 0 Å². The highest BCUT2D eigenvalue weighted by Gasteiger charge is 2.21. The second-order valence-electron chi connectivity index (χ2n) is 10.2. The van der Waals surface area contributed by atoms with Crippen molar-refractivity contribution < 1.29 is 23.9 Å². The molecule has 1 fully saturated rings. The van der Waals surface area contributed by atoms with Crippen LogP contribution in [0.2, 0.25) is 10.0 Å². The van der Waals surface area contributed by atoms with Gasteiger partial charge in [-0.25, -0.2) is 10.2 Å². The molecule has 0 aliphatic heterocycles. The molecular weight excluding hydrogens is 603 g/mol. The summed E-state index contributed by atoms with van der Waals surface area (Å²) in [5, 5.41) is 11.5. The molecule has 11 heteroatoms. The van der Waals surface area contributed by atoms with Crippen LogP contribution in [0, 0.1) is 0 Å². The SMILES string of the molecule is O=C(N/N=C/c1c(OC(=O)c2ccc(Cl)cc2Cl)ccc2ccccc12)C(=O)Nc1ccccc1C(=O)NC1CCCCC1. The lowest BCUT2D eigenvalue weighted by Gasteiger charge is -2.23. The van der Waals surface area contributed by atoms with Crippen molar-refractivity contribution >= 4 is 69.6 Å². The fraction of sp³-hybridized carbons (Fsp3) is 0.182. The number of hydrogen-bond donors (Lipinski definition) is 3. The number of esters is 1. The zero-order valence-electron chi connectivity index (χ0n) is 23.4. The monoisotopic (exact) mass is 630 g/mol. The van der Waals surface area contributed by atoms with E-state index in [2.05, 4.69) is 21.2 Å². The quantitative estimate of drug-likeness (QED) is 0.0705. The van der Waals surface area contributed by atoms with Crippen molar-refractivity contribution in [1.29, 1.82) is 0 Å². The first-order chi connectivity index (χ1) is 21.3. The summed E-state index contributed by atoms with van der Waals surface area (Å²) < 4.78 is 5.65. The lowest BCUT2D eigenvalue weighted by molar-refractivity contribution is -0.136. The third-order valence-electron chi connectivity index (χ3n) is 7.21. The van der Waals surface area contributed by atoms with Crippen molar-refractivity contribution in [3.63, 3.8) is 0 Å². The van der Waals surface area contributed by atoms with Crippen LogP contribution in [-0.4, -0.2) is 35.9 Å². The Bertz CT molecular complexity index is 1770. The van der Waals surface area contributed by atoms with Crippen molar-refractivity contribution in [1.82, 2.24) is 10.7 Å². The van der Waals surface area contributed by atoms with E-state index in [-0.39, 0.29) is 39.5 Å². The fourth-order valence-corrected chi connectivity index (χ4v) is 5.48. The average Bonchev–Trinajstić information content (AvgIpc) is 3.02. The minimum absolute atomic E-state index is 0.0825. The van der Waals surface area contributed by atoms with Crippen molar-refractivity contribution in [2.75, 3.05) is 5.32 Å². The third kappa shape index (κ3) is 7.42. The molecule has 3 N–H and O–H groups in total. The molecule has 9 nitrogen and oxygen atoms in total. The van der Waals surface area contributed by atoms with Crippen molar-refractivity contribution in [2.24, 2.45) is 5.10 Å². The Labute approximate surface area is 263 Å².